The molecule has 0 unspecified atom stereocenters. The highest BCUT2D eigenvalue weighted by atomic mass is 16.5. The Bertz CT molecular complexity index is 2680. The molecule has 3 aromatic carbocycles. The number of aromatic nitrogens is 1. The maximum absolute atomic E-state index is 5.55. The van der Waals surface area contributed by atoms with E-state index in [0.29, 0.717) is 19.6 Å². The quantitative estimate of drug-likeness (QED) is 0.0761. The summed E-state index contributed by atoms with van der Waals surface area (Å²) in [5.41, 5.74) is 31.1. The van der Waals surface area contributed by atoms with Crippen molar-refractivity contribution in [2.24, 2.45) is 17.2 Å². The number of pyridine rings is 1. The minimum absolute atomic E-state index is 0.548. The standard InChI is InChI=1S/C23H29NO.C22H24N2O.C22H27N/c1-19(17-18-24)7-6-10-21(12-11-20-8-4-3-5-9-20)22-13-15-23(25-2)16-14-22;1-18(14-15-23)5-3-7-20(9-8-19-6-4-16-24-17-19)21-10-12-22(25-2)13-11-21;1-19(17-18-23)9-8-14-22(21-12-6-3-7-13-21)16-15-20-10-4-2-5-11-20/h6-8,10-17H,3-5,9,18,24H2,1-2H3;3-14,16-17H,15,23H2,1-2H3;3,6-10,12-17H,2,4-5,11,18,23H2,1H3/b7-6+,12-11+,19-17+,21-10-;5-3+,9-8+,18-14+,20-7-;9-8+,16-15+,19-17+,22-14-. The summed E-state index contributed by atoms with van der Waals surface area (Å²) in [6.07, 6.45) is 56.4. The highest BCUT2D eigenvalue weighted by Gasteiger charge is 2.04. The molecule has 2 aliphatic carbocycles. The highest BCUT2D eigenvalue weighted by molar-refractivity contribution is 5.80. The smallest absolute Gasteiger partial charge is 0.118 e. The van der Waals surface area contributed by atoms with E-state index in [9.17, 15) is 0 Å². The van der Waals surface area contributed by atoms with Crippen LogP contribution in [0.2, 0.25) is 0 Å². The van der Waals surface area contributed by atoms with Crippen LogP contribution in [0.4, 0.5) is 0 Å². The van der Waals surface area contributed by atoms with Gasteiger partial charge in [-0.25, -0.2) is 0 Å². The van der Waals surface area contributed by atoms with Crippen molar-refractivity contribution in [3.8, 4) is 11.5 Å². The molecule has 0 fully saturated rings. The summed E-state index contributed by atoms with van der Waals surface area (Å²) in [7, 11) is 3.36. The molecule has 6 N–H and O–H groups in total. The van der Waals surface area contributed by atoms with E-state index < -0.39 is 0 Å². The molecule has 0 radical (unpaired) electrons. The van der Waals surface area contributed by atoms with Crippen LogP contribution < -0.4 is 26.7 Å². The SMILES string of the molecule is CC(/C=C/C=C(/C=C/C1=CCCCC1)c1ccccc1)=C\CN.COc1ccc(C(=C\C=C\C(C)=C\CN)/C=C/C2=CCCCC2)cc1.COc1ccc(C(=C\C=C\C(C)=C\CN)/C=C/c2cccnc2)cc1. The van der Waals surface area contributed by atoms with E-state index in [1.807, 2.05) is 79.9 Å². The summed E-state index contributed by atoms with van der Waals surface area (Å²) in [5.74, 6) is 1.72. The maximum Gasteiger partial charge on any atom is 0.118 e. The molecule has 0 saturated carbocycles. The Kier molecular flexibility index (Phi) is 28.5. The molecule has 0 spiro atoms. The number of allylic oxidation sites excluding steroid dienone is 24. The van der Waals surface area contributed by atoms with Crippen molar-refractivity contribution in [2.45, 2.75) is 72.1 Å². The fourth-order valence-electron chi connectivity index (χ4n) is 7.70. The van der Waals surface area contributed by atoms with Crippen molar-refractivity contribution in [2.75, 3.05) is 33.9 Å². The summed E-state index contributed by atoms with van der Waals surface area (Å²) in [6.45, 7) is 7.87. The van der Waals surface area contributed by atoms with Crippen LogP contribution in [0, 0.1) is 0 Å². The van der Waals surface area contributed by atoms with Gasteiger partial charge in [0.2, 0.25) is 0 Å². The normalized spacial score (nSPS) is 15.5. The van der Waals surface area contributed by atoms with Crippen molar-refractivity contribution < 1.29 is 9.47 Å². The zero-order valence-corrected chi connectivity index (χ0v) is 44.1. The number of rotatable bonds is 20. The molecule has 73 heavy (non-hydrogen) atoms. The molecule has 380 valence electrons. The fraction of sp³-hybridized carbons (Fsp3) is 0.239. The van der Waals surface area contributed by atoms with Crippen LogP contribution in [0.15, 0.2) is 247 Å². The van der Waals surface area contributed by atoms with Crippen LogP contribution in [-0.4, -0.2) is 38.8 Å². The first kappa shape index (κ1) is 58.2. The minimum atomic E-state index is 0.548. The average molecular weight is 973 g/mol. The second-order valence-electron chi connectivity index (χ2n) is 17.7. The van der Waals surface area contributed by atoms with Crippen LogP contribution in [0.25, 0.3) is 22.8 Å². The molecule has 0 aliphatic heterocycles. The zero-order valence-electron chi connectivity index (χ0n) is 44.1. The van der Waals surface area contributed by atoms with Gasteiger partial charge in [0.05, 0.1) is 14.2 Å². The summed E-state index contributed by atoms with van der Waals surface area (Å²) in [6, 6.07) is 30.7. The lowest BCUT2D eigenvalue weighted by Gasteiger charge is -2.09. The van der Waals surface area contributed by atoms with E-state index in [1.165, 1.54) is 95.9 Å². The molecule has 0 bridgehead atoms. The largest absolute Gasteiger partial charge is 0.497 e. The van der Waals surface area contributed by atoms with Crippen molar-refractivity contribution >= 4 is 22.8 Å². The number of hydrogen-bond donors (Lipinski definition) is 3. The van der Waals surface area contributed by atoms with Gasteiger partial charge in [-0.1, -0.05) is 210 Å². The second kappa shape index (κ2) is 35.7. The van der Waals surface area contributed by atoms with Gasteiger partial charge in [-0.05, 0) is 141 Å². The third-order valence-corrected chi connectivity index (χ3v) is 11.9. The third-order valence-electron chi connectivity index (χ3n) is 11.9. The second-order valence-corrected chi connectivity index (χ2v) is 17.7. The Morgan fingerprint density at radius 3 is 1.25 bits per heavy atom. The number of nitrogens with two attached hydrogens (primary N) is 3. The Hall–Kier alpha value is -7.35. The van der Waals surface area contributed by atoms with Gasteiger partial charge < -0.3 is 26.7 Å². The summed E-state index contributed by atoms with van der Waals surface area (Å²) in [4.78, 5) is 4.14. The number of hydrogen-bond acceptors (Lipinski definition) is 6. The monoisotopic (exact) mass is 973 g/mol. The lowest BCUT2D eigenvalue weighted by Crippen LogP contribution is -1.93. The van der Waals surface area contributed by atoms with Gasteiger partial charge in [-0.2, -0.15) is 0 Å². The lowest BCUT2D eigenvalue weighted by molar-refractivity contribution is 0.414. The zero-order chi connectivity index (χ0) is 52.1. The van der Waals surface area contributed by atoms with E-state index in [1.54, 1.807) is 20.4 Å². The first-order valence-electron chi connectivity index (χ1n) is 25.7. The number of methoxy groups -OCH3 is 2. The molecule has 6 heteroatoms. The van der Waals surface area contributed by atoms with E-state index >= 15 is 0 Å². The average Bonchev–Trinajstić information content (AvgIpc) is 3.43. The summed E-state index contributed by atoms with van der Waals surface area (Å²) < 4.78 is 10.5. The topological polar surface area (TPSA) is 109 Å². The van der Waals surface area contributed by atoms with Gasteiger partial charge in [0.25, 0.3) is 0 Å². The van der Waals surface area contributed by atoms with Crippen LogP contribution >= 0.6 is 0 Å². The molecule has 2 aliphatic rings. The molecule has 1 aromatic heterocycles. The van der Waals surface area contributed by atoms with Crippen LogP contribution in [0.1, 0.15) is 94.4 Å². The van der Waals surface area contributed by atoms with Crippen molar-refractivity contribution in [3.63, 3.8) is 0 Å². The van der Waals surface area contributed by atoms with Gasteiger partial charge in [0, 0.05) is 32.0 Å². The number of nitrogens with zero attached hydrogens (tertiary/aromatic N) is 1. The molecule has 6 nitrogen and oxygen atoms in total. The van der Waals surface area contributed by atoms with Crippen molar-refractivity contribution in [1.29, 1.82) is 0 Å². The Morgan fingerprint density at radius 1 is 0.479 bits per heavy atom. The molecule has 4 aromatic rings. The maximum atomic E-state index is 5.55. The molecule has 0 saturated heterocycles. The van der Waals surface area contributed by atoms with Crippen molar-refractivity contribution in [3.05, 3.63) is 269 Å². The highest BCUT2D eigenvalue weighted by Crippen LogP contribution is 2.25. The van der Waals surface area contributed by atoms with Gasteiger partial charge in [-0.15, -0.1) is 0 Å². The molecular formula is C67H80N4O2. The van der Waals surface area contributed by atoms with Gasteiger partial charge in [0.1, 0.15) is 11.5 Å². The third kappa shape index (κ3) is 24.1. The van der Waals surface area contributed by atoms with E-state index in [-0.39, 0.29) is 0 Å². The van der Waals surface area contributed by atoms with Crippen LogP contribution in [0.3, 0.4) is 0 Å². The first-order valence-corrected chi connectivity index (χ1v) is 25.7. The van der Waals surface area contributed by atoms with Crippen molar-refractivity contribution in [1.82, 2.24) is 4.98 Å². The first-order chi connectivity index (χ1) is 35.7. The van der Waals surface area contributed by atoms with Gasteiger partial charge >= 0.3 is 0 Å². The molecule has 0 amide bonds. The van der Waals surface area contributed by atoms with Crippen LogP contribution in [0.5, 0.6) is 11.5 Å². The lowest BCUT2D eigenvalue weighted by atomic mass is 9.97. The molecule has 1 heterocycles. The van der Waals surface area contributed by atoms with Gasteiger partial charge in [0.15, 0.2) is 0 Å². The summed E-state index contributed by atoms with van der Waals surface area (Å²) >= 11 is 0. The van der Waals surface area contributed by atoms with Gasteiger partial charge in [-0.3, -0.25) is 4.98 Å². The molecule has 6 rings (SSSR count). The Morgan fingerprint density at radius 2 is 0.890 bits per heavy atom. The van der Waals surface area contributed by atoms with E-state index in [0.717, 1.165) is 33.8 Å². The minimum Gasteiger partial charge on any atom is -0.497 e. The Balaban J connectivity index is 0.000000238. The number of benzene rings is 3. The summed E-state index contributed by atoms with van der Waals surface area (Å²) in [5, 5.41) is 0. The predicted molar refractivity (Wildman–Crippen MR) is 317 cm³/mol. The molecule has 0 atom stereocenters. The van der Waals surface area contributed by atoms with Crippen LogP contribution in [-0.2, 0) is 0 Å². The fourth-order valence-corrected chi connectivity index (χ4v) is 7.70. The Labute approximate surface area is 438 Å². The number of ether oxygens (including phenoxy) is 2. The van der Waals surface area contributed by atoms with E-state index in [2.05, 4.69) is 165 Å². The predicted octanol–water partition coefficient (Wildman–Crippen LogP) is 15.8. The van der Waals surface area contributed by atoms with E-state index in [4.69, 9.17) is 26.7 Å². The molecular weight excluding hydrogens is 893 g/mol.